The Labute approximate surface area is 227 Å². The minimum Gasteiger partial charge on any atom is -0.461 e. The second-order valence-corrected chi connectivity index (χ2v) is 12.4. The SMILES string of the molecule is C=CCOC(=O)[C@@H]1[C@H]2C(=O)N([C@@H](CO)C(C)C)C(C(=O)N(CC=C)c3ccccc3Cl)C23S[C@@H]1CC3C. The number of carbonyl (C=O) groups is 3. The minimum absolute atomic E-state index is 0.0119. The standard InChI is InChI=1S/C28H35ClN2O5S/c1-6-12-30(19-11-9-8-10-18(19)29)26(34)24-28-17(5)14-21(37-28)22(27(35)36-13-7-2)23(28)25(33)31(24)20(15-32)16(3)4/h6-11,16-17,20-24,32H,1-2,12-15H2,3-5H3/t17?,20-,21+,22-,23-,24?,28?/m0/s1. The van der Waals surface area contributed by atoms with E-state index in [9.17, 15) is 19.5 Å². The number of aliphatic hydroxyl groups is 1. The first-order valence-corrected chi connectivity index (χ1v) is 14.0. The maximum absolute atomic E-state index is 14.6. The van der Waals surface area contributed by atoms with Crippen molar-refractivity contribution in [2.45, 2.75) is 49.3 Å². The molecule has 0 aliphatic carbocycles. The molecule has 9 heteroatoms. The highest BCUT2D eigenvalue weighted by molar-refractivity contribution is 8.02. The lowest BCUT2D eigenvalue weighted by Gasteiger charge is -2.42. The molecule has 1 N–H and O–H groups in total. The summed E-state index contributed by atoms with van der Waals surface area (Å²) in [6.07, 6.45) is 3.82. The van der Waals surface area contributed by atoms with Gasteiger partial charge in [-0.1, -0.05) is 63.2 Å². The summed E-state index contributed by atoms with van der Waals surface area (Å²) in [5, 5.41) is 10.7. The van der Waals surface area contributed by atoms with Gasteiger partial charge in [-0.05, 0) is 30.4 Å². The molecule has 3 unspecified atom stereocenters. The summed E-state index contributed by atoms with van der Waals surface area (Å²) in [4.78, 5) is 45.2. The molecule has 0 aromatic heterocycles. The van der Waals surface area contributed by atoms with E-state index < -0.39 is 34.6 Å². The van der Waals surface area contributed by atoms with Gasteiger partial charge in [-0.2, -0.15) is 0 Å². The Hall–Kier alpha value is -2.29. The van der Waals surface area contributed by atoms with Gasteiger partial charge in [-0.25, -0.2) is 0 Å². The van der Waals surface area contributed by atoms with E-state index in [0.717, 1.165) is 0 Å². The van der Waals surface area contributed by atoms with Gasteiger partial charge in [-0.15, -0.1) is 18.3 Å². The summed E-state index contributed by atoms with van der Waals surface area (Å²) in [5.41, 5.74) is 0.526. The van der Waals surface area contributed by atoms with Crippen molar-refractivity contribution < 1.29 is 24.2 Å². The molecule has 1 spiro atoms. The van der Waals surface area contributed by atoms with E-state index in [1.165, 1.54) is 6.08 Å². The first-order valence-electron chi connectivity index (χ1n) is 12.7. The number of anilines is 1. The summed E-state index contributed by atoms with van der Waals surface area (Å²) in [5.74, 6) is -2.50. The van der Waals surface area contributed by atoms with Crippen molar-refractivity contribution in [2.24, 2.45) is 23.7 Å². The van der Waals surface area contributed by atoms with E-state index in [0.29, 0.717) is 17.1 Å². The number of benzene rings is 1. The molecule has 3 aliphatic heterocycles. The molecule has 4 rings (SSSR count). The van der Waals surface area contributed by atoms with Crippen LogP contribution in [0.25, 0.3) is 0 Å². The molecular weight excluding hydrogens is 512 g/mol. The first kappa shape index (κ1) is 27.7. The van der Waals surface area contributed by atoms with Gasteiger partial charge >= 0.3 is 5.97 Å². The molecule has 3 heterocycles. The highest BCUT2D eigenvalue weighted by Crippen LogP contribution is 2.69. The number of para-hydroxylation sites is 1. The number of likely N-dealkylation sites (tertiary alicyclic amines) is 1. The fraction of sp³-hybridized carbons (Fsp3) is 0.536. The maximum Gasteiger partial charge on any atom is 0.311 e. The summed E-state index contributed by atoms with van der Waals surface area (Å²) in [6.45, 7) is 13.3. The van der Waals surface area contributed by atoms with Crippen molar-refractivity contribution in [1.29, 1.82) is 0 Å². The Morgan fingerprint density at radius 3 is 2.62 bits per heavy atom. The van der Waals surface area contributed by atoms with Gasteiger partial charge in [0, 0.05) is 11.8 Å². The second-order valence-electron chi connectivity index (χ2n) is 10.4. The van der Waals surface area contributed by atoms with Gasteiger partial charge in [0.05, 0.1) is 39.9 Å². The topological polar surface area (TPSA) is 87.1 Å². The minimum atomic E-state index is -0.886. The van der Waals surface area contributed by atoms with E-state index in [2.05, 4.69) is 20.1 Å². The predicted octanol–water partition coefficient (Wildman–Crippen LogP) is 3.94. The van der Waals surface area contributed by atoms with Crippen LogP contribution in [0.2, 0.25) is 5.02 Å². The fourth-order valence-electron chi connectivity index (χ4n) is 6.48. The van der Waals surface area contributed by atoms with E-state index >= 15 is 0 Å². The average molecular weight is 547 g/mol. The quantitative estimate of drug-likeness (QED) is 0.353. The Kier molecular flexibility index (Phi) is 8.12. The molecule has 7 atom stereocenters. The summed E-state index contributed by atoms with van der Waals surface area (Å²) in [7, 11) is 0. The van der Waals surface area contributed by atoms with Crippen molar-refractivity contribution in [3.8, 4) is 0 Å². The number of amides is 2. The van der Waals surface area contributed by atoms with Gasteiger partial charge in [0.25, 0.3) is 5.91 Å². The third-order valence-electron chi connectivity index (χ3n) is 8.07. The molecule has 3 saturated heterocycles. The van der Waals surface area contributed by atoms with Crippen LogP contribution in [-0.2, 0) is 19.1 Å². The van der Waals surface area contributed by atoms with Crippen molar-refractivity contribution in [2.75, 3.05) is 24.7 Å². The second kappa shape index (κ2) is 10.8. The molecule has 200 valence electrons. The zero-order valence-corrected chi connectivity index (χ0v) is 23.1. The normalized spacial score (nSPS) is 30.8. The van der Waals surface area contributed by atoms with Gasteiger partial charge in [-0.3, -0.25) is 14.4 Å². The lowest BCUT2D eigenvalue weighted by atomic mass is 9.66. The Bertz CT molecular complexity index is 1100. The number of esters is 1. The van der Waals surface area contributed by atoms with Gasteiger partial charge < -0.3 is 19.6 Å². The third kappa shape index (κ3) is 4.31. The number of hydrogen-bond acceptors (Lipinski definition) is 6. The number of carbonyl (C=O) groups excluding carboxylic acids is 3. The Morgan fingerprint density at radius 1 is 1.32 bits per heavy atom. The molecule has 3 aliphatic rings. The Balaban J connectivity index is 1.87. The van der Waals surface area contributed by atoms with Gasteiger partial charge in [0.1, 0.15) is 12.6 Å². The molecule has 1 aromatic carbocycles. The number of aliphatic hydroxyl groups excluding tert-OH is 1. The zero-order chi connectivity index (χ0) is 27.1. The Morgan fingerprint density at radius 2 is 2.03 bits per heavy atom. The number of thioether (sulfide) groups is 1. The highest BCUT2D eigenvalue weighted by Gasteiger charge is 2.77. The van der Waals surface area contributed by atoms with E-state index in [-0.39, 0.29) is 48.7 Å². The van der Waals surface area contributed by atoms with E-state index in [1.54, 1.807) is 51.9 Å². The molecule has 0 saturated carbocycles. The van der Waals surface area contributed by atoms with Crippen LogP contribution in [0.15, 0.2) is 49.6 Å². The molecule has 2 bridgehead atoms. The van der Waals surface area contributed by atoms with Crippen molar-refractivity contribution in [3.05, 3.63) is 54.6 Å². The average Bonchev–Trinajstić information content (AvgIpc) is 3.45. The summed E-state index contributed by atoms with van der Waals surface area (Å²) in [6, 6.07) is 5.60. The predicted molar refractivity (Wildman–Crippen MR) is 146 cm³/mol. The van der Waals surface area contributed by atoms with Crippen LogP contribution >= 0.6 is 23.4 Å². The monoisotopic (exact) mass is 546 g/mol. The molecule has 3 fully saturated rings. The van der Waals surface area contributed by atoms with Crippen LogP contribution in [-0.4, -0.2) is 69.6 Å². The number of ether oxygens (including phenoxy) is 1. The maximum atomic E-state index is 14.6. The molecular formula is C28H35ClN2O5S. The smallest absolute Gasteiger partial charge is 0.311 e. The lowest BCUT2D eigenvalue weighted by Crippen LogP contribution is -2.60. The molecule has 2 amide bonds. The number of hydrogen-bond donors (Lipinski definition) is 1. The fourth-order valence-corrected chi connectivity index (χ4v) is 9.10. The number of nitrogens with zero attached hydrogens (tertiary/aromatic N) is 2. The van der Waals surface area contributed by atoms with E-state index in [4.69, 9.17) is 16.3 Å². The van der Waals surface area contributed by atoms with E-state index in [1.807, 2.05) is 13.8 Å². The van der Waals surface area contributed by atoms with Crippen molar-refractivity contribution in [1.82, 2.24) is 4.90 Å². The number of halogens is 1. The van der Waals surface area contributed by atoms with Crippen LogP contribution < -0.4 is 4.90 Å². The van der Waals surface area contributed by atoms with Gasteiger partial charge in [0.2, 0.25) is 5.91 Å². The van der Waals surface area contributed by atoms with Gasteiger partial charge in [0.15, 0.2) is 0 Å². The summed E-state index contributed by atoms with van der Waals surface area (Å²) < 4.78 is 4.60. The molecule has 1 aromatic rings. The van der Waals surface area contributed by atoms with Crippen LogP contribution in [0, 0.1) is 23.7 Å². The third-order valence-corrected chi connectivity index (χ3v) is 10.5. The largest absolute Gasteiger partial charge is 0.461 e. The molecule has 7 nitrogen and oxygen atoms in total. The van der Waals surface area contributed by atoms with Crippen LogP contribution in [0.4, 0.5) is 5.69 Å². The number of rotatable bonds is 10. The first-order chi connectivity index (χ1) is 17.6. The van der Waals surface area contributed by atoms with Crippen LogP contribution in [0.1, 0.15) is 27.2 Å². The molecule has 0 radical (unpaired) electrons. The molecule has 37 heavy (non-hydrogen) atoms. The van der Waals surface area contributed by atoms with Crippen molar-refractivity contribution >= 4 is 46.8 Å². The van der Waals surface area contributed by atoms with Crippen LogP contribution in [0.3, 0.4) is 0 Å². The summed E-state index contributed by atoms with van der Waals surface area (Å²) >= 11 is 8.09. The van der Waals surface area contributed by atoms with Crippen molar-refractivity contribution in [3.63, 3.8) is 0 Å². The zero-order valence-electron chi connectivity index (χ0n) is 21.5. The highest BCUT2D eigenvalue weighted by atomic mass is 35.5. The lowest BCUT2D eigenvalue weighted by molar-refractivity contribution is -0.154. The van der Waals surface area contributed by atoms with Crippen LogP contribution in [0.5, 0.6) is 0 Å². The number of fused-ring (bicyclic) bond motifs is 1.